The smallest absolute Gasteiger partial charge is 0.290 e. The molecule has 0 aromatic heterocycles. The van der Waals surface area contributed by atoms with E-state index in [0.717, 1.165) is 16.7 Å². The number of carbonyl (C=O) groups is 2. The van der Waals surface area contributed by atoms with Crippen molar-refractivity contribution in [1.82, 2.24) is 9.80 Å². The summed E-state index contributed by atoms with van der Waals surface area (Å²) in [6.45, 7) is 1.40. The molecule has 36 heavy (non-hydrogen) atoms. The highest BCUT2D eigenvalue weighted by atomic mass is 16.5. The fraction of sp³-hybridized carbons (Fsp3) is 0.200. The molecule has 4 rings (SSSR count). The van der Waals surface area contributed by atoms with Crippen LogP contribution < -0.4 is 4.74 Å². The van der Waals surface area contributed by atoms with E-state index in [1.54, 1.807) is 11.0 Å². The fourth-order valence-electron chi connectivity index (χ4n) is 4.10. The maximum Gasteiger partial charge on any atom is 0.290 e. The van der Waals surface area contributed by atoms with Crippen LogP contribution in [0.2, 0.25) is 0 Å². The lowest BCUT2D eigenvalue weighted by atomic mass is 9.95. The van der Waals surface area contributed by atoms with E-state index < -0.39 is 23.5 Å². The number of likely N-dealkylation sites (N-methyl/N-ethyl adjacent to an activating group) is 1. The van der Waals surface area contributed by atoms with Gasteiger partial charge < -0.3 is 19.6 Å². The first-order valence-corrected chi connectivity index (χ1v) is 11.9. The van der Waals surface area contributed by atoms with Crippen molar-refractivity contribution in [2.24, 2.45) is 0 Å². The highest BCUT2D eigenvalue weighted by Crippen LogP contribution is 2.38. The molecule has 0 spiro atoms. The third-order valence-corrected chi connectivity index (χ3v) is 6.03. The van der Waals surface area contributed by atoms with Crippen molar-refractivity contribution in [2.45, 2.75) is 12.6 Å². The average Bonchev–Trinajstić information content (AvgIpc) is 3.16. The molecule has 0 radical (unpaired) electrons. The molecule has 0 saturated carbocycles. The first-order valence-electron chi connectivity index (χ1n) is 11.9. The van der Waals surface area contributed by atoms with Crippen LogP contribution >= 0.6 is 0 Å². The number of ketones is 1. The van der Waals surface area contributed by atoms with Gasteiger partial charge in [-0.2, -0.15) is 0 Å². The monoisotopic (exact) mass is 482 g/mol. The van der Waals surface area contributed by atoms with Gasteiger partial charge in [0.15, 0.2) is 11.5 Å². The van der Waals surface area contributed by atoms with Gasteiger partial charge in [0.25, 0.3) is 5.91 Å². The first kappa shape index (κ1) is 24.9. The Kier molecular flexibility index (Phi) is 7.98. The minimum Gasteiger partial charge on any atom is -0.503 e. The van der Waals surface area contributed by atoms with Crippen molar-refractivity contribution in [3.63, 3.8) is 0 Å². The van der Waals surface area contributed by atoms with E-state index in [2.05, 4.69) is 0 Å². The molecule has 3 aromatic carbocycles. The van der Waals surface area contributed by atoms with Crippen LogP contribution in [-0.4, -0.2) is 53.8 Å². The minimum absolute atomic E-state index is 0.0869. The van der Waals surface area contributed by atoms with Crippen LogP contribution in [0.15, 0.2) is 102 Å². The molecular formula is C30H30N2O4. The molecule has 1 aliphatic rings. The predicted molar refractivity (Wildman–Crippen MR) is 140 cm³/mol. The zero-order valence-corrected chi connectivity index (χ0v) is 20.5. The van der Waals surface area contributed by atoms with Gasteiger partial charge in [-0.05, 0) is 49.0 Å². The Labute approximate surface area is 211 Å². The largest absolute Gasteiger partial charge is 0.503 e. The number of allylic oxidation sites excluding steroid dienone is 1. The van der Waals surface area contributed by atoms with Crippen molar-refractivity contribution < 1.29 is 19.4 Å². The van der Waals surface area contributed by atoms with Crippen molar-refractivity contribution in [3.05, 3.63) is 119 Å². The van der Waals surface area contributed by atoms with E-state index >= 15 is 0 Å². The lowest BCUT2D eigenvalue weighted by Crippen LogP contribution is -2.36. The summed E-state index contributed by atoms with van der Waals surface area (Å²) in [6.07, 6.45) is 3.10. The number of hydrogen-bond acceptors (Lipinski definition) is 5. The van der Waals surface area contributed by atoms with Gasteiger partial charge in [-0.1, -0.05) is 78.9 Å². The SMILES string of the molecule is CN(C)CCN1C(=O)C(O)=C(C(=O)/C=C/c2ccccc2)C1c1ccc(OCc2ccccc2)cc1. The van der Waals surface area contributed by atoms with E-state index in [-0.39, 0.29) is 5.57 Å². The van der Waals surface area contributed by atoms with Gasteiger partial charge in [0, 0.05) is 13.1 Å². The summed E-state index contributed by atoms with van der Waals surface area (Å²) in [7, 11) is 3.83. The van der Waals surface area contributed by atoms with E-state index in [1.165, 1.54) is 6.08 Å². The van der Waals surface area contributed by atoms with Crippen LogP contribution in [-0.2, 0) is 16.2 Å². The molecular weight excluding hydrogens is 452 g/mol. The molecule has 6 heteroatoms. The van der Waals surface area contributed by atoms with Gasteiger partial charge >= 0.3 is 0 Å². The highest BCUT2D eigenvalue weighted by molar-refractivity contribution is 6.14. The van der Waals surface area contributed by atoms with Crippen molar-refractivity contribution in [1.29, 1.82) is 0 Å². The summed E-state index contributed by atoms with van der Waals surface area (Å²) in [5.74, 6) is -0.753. The summed E-state index contributed by atoms with van der Waals surface area (Å²) < 4.78 is 5.89. The maximum absolute atomic E-state index is 13.2. The second-order valence-corrected chi connectivity index (χ2v) is 8.92. The van der Waals surface area contributed by atoms with Gasteiger partial charge in [0.2, 0.25) is 0 Å². The van der Waals surface area contributed by atoms with Crippen LogP contribution in [0.3, 0.4) is 0 Å². The standard InChI is InChI=1S/C30H30N2O4/c1-31(2)19-20-32-28(24-14-16-25(17-15-24)36-21-23-11-7-4-8-12-23)27(29(34)30(32)35)26(33)18-13-22-9-5-3-6-10-22/h3-18,28,34H,19-21H2,1-2H3/b18-13+. The number of ether oxygens (including phenoxy) is 1. The van der Waals surface area contributed by atoms with Gasteiger partial charge in [0.05, 0.1) is 11.6 Å². The van der Waals surface area contributed by atoms with Crippen molar-refractivity contribution in [2.75, 3.05) is 27.2 Å². The fourth-order valence-corrected chi connectivity index (χ4v) is 4.10. The number of carbonyl (C=O) groups excluding carboxylic acids is 2. The van der Waals surface area contributed by atoms with Crippen LogP contribution in [0.25, 0.3) is 6.08 Å². The van der Waals surface area contributed by atoms with Crippen LogP contribution in [0.4, 0.5) is 0 Å². The Bertz CT molecular complexity index is 1250. The Morgan fingerprint density at radius 1 is 0.972 bits per heavy atom. The third-order valence-electron chi connectivity index (χ3n) is 6.03. The summed E-state index contributed by atoms with van der Waals surface area (Å²) in [5.41, 5.74) is 2.73. The lowest BCUT2D eigenvalue weighted by molar-refractivity contribution is -0.129. The summed E-state index contributed by atoms with van der Waals surface area (Å²) in [4.78, 5) is 29.8. The molecule has 1 amide bonds. The zero-order chi connectivity index (χ0) is 25.5. The molecule has 1 atom stereocenters. The average molecular weight is 483 g/mol. The summed E-state index contributed by atoms with van der Waals surface area (Å²) in [5, 5.41) is 10.8. The highest BCUT2D eigenvalue weighted by Gasteiger charge is 2.42. The van der Waals surface area contributed by atoms with Crippen LogP contribution in [0, 0.1) is 0 Å². The Balaban J connectivity index is 1.59. The molecule has 6 nitrogen and oxygen atoms in total. The molecule has 184 valence electrons. The third kappa shape index (κ3) is 5.90. The normalized spacial score (nSPS) is 15.8. The van der Waals surface area contributed by atoms with E-state index in [9.17, 15) is 14.7 Å². The minimum atomic E-state index is -0.687. The topological polar surface area (TPSA) is 70.1 Å². The molecule has 0 saturated heterocycles. The van der Waals surface area contributed by atoms with E-state index in [1.807, 2.05) is 104 Å². The molecule has 0 bridgehead atoms. The summed E-state index contributed by atoms with van der Waals surface area (Å²) in [6, 6.07) is 25.9. The molecule has 0 fully saturated rings. The van der Waals surface area contributed by atoms with Crippen LogP contribution in [0.5, 0.6) is 5.75 Å². The Hall–Kier alpha value is -4.16. The first-order chi connectivity index (χ1) is 17.4. The lowest BCUT2D eigenvalue weighted by Gasteiger charge is -2.28. The molecule has 3 aromatic rings. The maximum atomic E-state index is 13.2. The second-order valence-electron chi connectivity index (χ2n) is 8.92. The number of rotatable bonds is 10. The molecule has 1 N–H and O–H groups in total. The molecule has 1 unspecified atom stereocenters. The predicted octanol–water partition coefficient (Wildman–Crippen LogP) is 4.81. The quantitative estimate of drug-likeness (QED) is 0.420. The molecule has 1 heterocycles. The second kappa shape index (κ2) is 11.5. The summed E-state index contributed by atoms with van der Waals surface area (Å²) >= 11 is 0. The number of benzene rings is 3. The Morgan fingerprint density at radius 2 is 1.61 bits per heavy atom. The van der Waals surface area contributed by atoms with Crippen molar-refractivity contribution >= 4 is 17.8 Å². The van der Waals surface area contributed by atoms with Gasteiger partial charge in [-0.3, -0.25) is 9.59 Å². The number of aliphatic hydroxyl groups is 1. The molecule has 0 aliphatic carbocycles. The number of aliphatic hydroxyl groups excluding tert-OH is 1. The number of amides is 1. The number of hydrogen-bond donors (Lipinski definition) is 1. The molecule has 1 aliphatic heterocycles. The van der Waals surface area contributed by atoms with Gasteiger partial charge in [0.1, 0.15) is 12.4 Å². The zero-order valence-electron chi connectivity index (χ0n) is 20.5. The van der Waals surface area contributed by atoms with Crippen molar-refractivity contribution in [3.8, 4) is 5.75 Å². The van der Waals surface area contributed by atoms with E-state index in [0.29, 0.717) is 25.4 Å². The van der Waals surface area contributed by atoms with Crippen LogP contribution in [0.1, 0.15) is 22.7 Å². The van der Waals surface area contributed by atoms with Gasteiger partial charge in [-0.15, -0.1) is 0 Å². The van der Waals surface area contributed by atoms with Gasteiger partial charge in [-0.25, -0.2) is 0 Å². The Morgan fingerprint density at radius 3 is 2.25 bits per heavy atom. The number of nitrogens with zero attached hydrogens (tertiary/aromatic N) is 2. The van der Waals surface area contributed by atoms with E-state index in [4.69, 9.17) is 4.74 Å².